The summed E-state index contributed by atoms with van der Waals surface area (Å²) >= 11 is 0. The minimum atomic E-state index is -0.0963. The Morgan fingerprint density at radius 3 is 2.78 bits per heavy atom. The van der Waals surface area contributed by atoms with Crippen molar-refractivity contribution < 1.29 is 9.53 Å². The molecule has 1 aromatic heterocycles. The van der Waals surface area contributed by atoms with E-state index in [2.05, 4.69) is 27.3 Å². The number of hydrogen-bond acceptors (Lipinski definition) is 4. The van der Waals surface area contributed by atoms with E-state index in [1.807, 2.05) is 18.2 Å². The van der Waals surface area contributed by atoms with Gasteiger partial charge >= 0.3 is 0 Å². The number of aromatic nitrogens is 1. The number of pyridine rings is 1. The average molecular weight is 311 g/mol. The largest absolute Gasteiger partial charge is 0.497 e. The summed E-state index contributed by atoms with van der Waals surface area (Å²) in [4.78, 5) is 18.6. The lowest BCUT2D eigenvalue weighted by molar-refractivity contribution is 0.0963. The van der Waals surface area contributed by atoms with Crippen LogP contribution in [0.1, 0.15) is 28.3 Å². The van der Waals surface area contributed by atoms with Crippen LogP contribution in [0.4, 0.5) is 5.82 Å². The molecular weight excluding hydrogens is 290 g/mol. The van der Waals surface area contributed by atoms with Crippen molar-refractivity contribution in [3.8, 4) is 5.75 Å². The summed E-state index contributed by atoms with van der Waals surface area (Å²) in [5, 5.41) is 2.68. The van der Waals surface area contributed by atoms with Crippen molar-refractivity contribution in [2.75, 3.05) is 32.1 Å². The van der Waals surface area contributed by atoms with Crippen molar-refractivity contribution in [3.05, 3.63) is 53.7 Å². The first-order chi connectivity index (χ1) is 11.2. The summed E-state index contributed by atoms with van der Waals surface area (Å²) in [6, 6.07) is 11.8. The van der Waals surface area contributed by atoms with Crippen LogP contribution in [0.3, 0.4) is 0 Å². The Hall–Kier alpha value is -2.56. The molecule has 1 aliphatic heterocycles. The molecule has 2 heterocycles. The van der Waals surface area contributed by atoms with Crippen molar-refractivity contribution in [3.63, 3.8) is 0 Å². The van der Waals surface area contributed by atoms with Crippen LogP contribution in [-0.4, -0.2) is 38.1 Å². The maximum absolute atomic E-state index is 12.0. The molecule has 0 radical (unpaired) electrons. The summed E-state index contributed by atoms with van der Waals surface area (Å²) in [5.41, 5.74) is 1.93. The van der Waals surface area contributed by atoms with Crippen molar-refractivity contribution in [2.24, 2.45) is 0 Å². The van der Waals surface area contributed by atoms with Gasteiger partial charge in [0.1, 0.15) is 11.6 Å². The number of rotatable bonds is 4. The zero-order valence-electron chi connectivity index (χ0n) is 13.5. The van der Waals surface area contributed by atoms with Gasteiger partial charge in [0.15, 0.2) is 0 Å². The molecule has 1 fully saturated rings. The van der Waals surface area contributed by atoms with Crippen LogP contribution in [0.5, 0.6) is 5.75 Å². The van der Waals surface area contributed by atoms with Gasteiger partial charge in [0.2, 0.25) is 0 Å². The smallest absolute Gasteiger partial charge is 0.254 e. The Kier molecular flexibility index (Phi) is 4.46. The van der Waals surface area contributed by atoms with E-state index in [-0.39, 0.29) is 5.91 Å². The van der Waals surface area contributed by atoms with E-state index in [1.54, 1.807) is 26.4 Å². The van der Waals surface area contributed by atoms with Crippen molar-refractivity contribution >= 4 is 11.7 Å². The molecule has 0 aliphatic carbocycles. The van der Waals surface area contributed by atoms with Crippen molar-refractivity contribution in [1.82, 2.24) is 10.3 Å². The predicted molar refractivity (Wildman–Crippen MR) is 90.2 cm³/mol. The molecular formula is C18H21N3O2. The standard InChI is InChI=1S/C18H21N3O2/c1-19-18(22)16-4-3-10-20-17(16)21-11-9-14(12-21)13-5-7-15(23-2)8-6-13/h3-8,10,14H,9,11-12H2,1-2H3,(H,19,22)/t14-/m0/s1. The fourth-order valence-corrected chi connectivity index (χ4v) is 3.06. The number of anilines is 1. The number of nitrogens with zero attached hydrogens (tertiary/aromatic N) is 2. The molecule has 1 aliphatic rings. The molecule has 0 spiro atoms. The highest BCUT2D eigenvalue weighted by Gasteiger charge is 2.27. The van der Waals surface area contributed by atoms with Crippen LogP contribution >= 0.6 is 0 Å². The molecule has 1 atom stereocenters. The summed E-state index contributed by atoms with van der Waals surface area (Å²) in [5.74, 6) is 1.99. The lowest BCUT2D eigenvalue weighted by Crippen LogP contribution is -2.26. The summed E-state index contributed by atoms with van der Waals surface area (Å²) in [6.45, 7) is 1.77. The molecule has 120 valence electrons. The van der Waals surface area contributed by atoms with Crippen molar-refractivity contribution in [2.45, 2.75) is 12.3 Å². The number of benzene rings is 1. The molecule has 1 saturated heterocycles. The highest BCUT2D eigenvalue weighted by atomic mass is 16.5. The Morgan fingerprint density at radius 1 is 1.30 bits per heavy atom. The van der Waals surface area contributed by atoms with Crippen LogP contribution in [-0.2, 0) is 0 Å². The fraction of sp³-hybridized carbons (Fsp3) is 0.333. The minimum absolute atomic E-state index is 0.0963. The topological polar surface area (TPSA) is 54.5 Å². The van der Waals surface area contributed by atoms with E-state index >= 15 is 0 Å². The SMILES string of the molecule is CNC(=O)c1cccnc1N1CC[C@H](c2ccc(OC)cc2)C1. The van der Waals surface area contributed by atoms with Gasteiger partial charge in [0, 0.05) is 32.3 Å². The van der Waals surface area contributed by atoms with E-state index < -0.39 is 0 Å². The van der Waals surface area contributed by atoms with E-state index in [0.717, 1.165) is 31.1 Å². The average Bonchev–Trinajstić information content (AvgIpc) is 3.11. The second-order valence-corrected chi connectivity index (χ2v) is 5.66. The second kappa shape index (κ2) is 6.69. The van der Waals surface area contributed by atoms with Gasteiger partial charge in [0.05, 0.1) is 12.7 Å². The summed E-state index contributed by atoms with van der Waals surface area (Å²) in [7, 11) is 3.32. The molecule has 0 bridgehead atoms. The van der Waals surface area contributed by atoms with E-state index in [0.29, 0.717) is 11.5 Å². The Labute approximate surface area is 136 Å². The van der Waals surface area contributed by atoms with Gasteiger partial charge in [-0.15, -0.1) is 0 Å². The molecule has 1 amide bonds. The van der Waals surface area contributed by atoms with Gasteiger partial charge < -0.3 is 15.0 Å². The van der Waals surface area contributed by atoms with Gasteiger partial charge in [-0.1, -0.05) is 12.1 Å². The lowest BCUT2D eigenvalue weighted by atomic mass is 9.98. The number of nitrogens with one attached hydrogen (secondary N) is 1. The van der Waals surface area contributed by atoms with E-state index in [4.69, 9.17) is 4.74 Å². The molecule has 1 N–H and O–H groups in total. The number of methoxy groups -OCH3 is 1. The first kappa shape index (κ1) is 15.3. The number of amides is 1. The van der Waals surface area contributed by atoms with Gasteiger partial charge in [-0.3, -0.25) is 4.79 Å². The van der Waals surface area contributed by atoms with Crippen LogP contribution < -0.4 is 15.0 Å². The molecule has 0 saturated carbocycles. The third-order valence-electron chi connectivity index (χ3n) is 4.33. The normalized spacial score (nSPS) is 17.1. The first-order valence-corrected chi connectivity index (χ1v) is 7.79. The fourth-order valence-electron chi connectivity index (χ4n) is 3.06. The monoisotopic (exact) mass is 311 g/mol. The van der Waals surface area contributed by atoms with Crippen molar-refractivity contribution in [1.29, 1.82) is 0 Å². The maximum atomic E-state index is 12.0. The summed E-state index contributed by atoms with van der Waals surface area (Å²) < 4.78 is 5.21. The molecule has 3 rings (SSSR count). The zero-order chi connectivity index (χ0) is 16.2. The van der Waals surface area contributed by atoms with Crippen LogP contribution in [0.15, 0.2) is 42.6 Å². The molecule has 5 nitrogen and oxygen atoms in total. The number of carbonyl (C=O) groups is 1. The number of hydrogen-bond donors (Lipinski definition) is 1. The predicted octanol–water partition coefficient (Wildman–Crippen LogP) is 2.44. The molecule has 5 heteroatoms. The second-order valence-electron chi connectivity index (χ2n) is 5.66. The molecule has 23 heavy (non-hydrogen) atoms. The lowest BCUT2D eigenvalue weighted by Gasteiger charge is -2.20. The van der Waals surface area contributed by atoms with E-state index in [9.17, 15) is 4.79 Å². The summed E-state index contributed by atoms with van der Waals surface area (Å²) in [6.07, 6.45) is 2.79. The third kappa shape index (κ3) is 3.13. The zero-order valence-corrected chi connectivity index (χ0v) is 13.5. The van der Waals surface area contributed by atoms with Gasteiger partial charge in [0.25, 0.3) is 5.91 Å². The Bertz CT molecular complexity index is 685. The highest BCUT2D eigenvalue weighted by Crippen LogP contribution is 2.32. The quantitative estimate of drug-likeness (QED) is 0.942. The van der Waals surface area contributed by atoms with Gasteiger partial charge in [-0.05, 0) is 36.2 Å². The van der Waals surface area contributed by atoms with E-state index in [1.165, 1.54) is 5.56 Å². The maximum Gasteiger partial charge on any atom is 0.254 e. The van der Waals surface area contributed by atoms with Gasteiger partial charge in [-0.25, -0.2) is 4.98 Å². The van der Waals surface area contributed by atoms with Crippen LogP contribution in [0.2, 0.25) is 0 Å². The number of ether oxygens (including phenoxy) is 1. The molecule has 1 aromatic carbocycles. The molecule has 2 aromatic rings. The van der Waals surface area contributed by atoms with Crippen LogP contribution in [0.25, 0.3) is 0 Å². The minimum Gasteiger partial charge on any atom is -0.497 e. The Balaban J connectivity index is 1.78. The molecule has 0 unspecified atom stereocenters. The first-order valence-electron chi connectivity index (χ1n) is 7.79. The third-order valence-corrected chi connectivity index (χ3v) is 4.33. The number of carbonyl (C=O) groups excluding carboxylic acids is 1. The highest BCUT2D eigenvalue weighted by molar-refractivity contribution is 5.98. The van der Waals surface area contributed by atoms with Gasteiger partial charge in [-0.2, -0.15) is 0 Å². The Morgan fingerprint density at radius 2 is 2.09 bits per heavy atom. The van der Waals surface area contributed by atoms with Crippen LogP contribution in [0, 0.1) is 0 Å².